The molecule has 0 radical (unpaired) electrons. The highest BCUT2D eigenvalue weighted by molar-refractivity contribution is 6.01. The van der Waals surface area contributed by atoms with Gasteiger partial charge in [0.05, 0.1) is 6.61 Å². The minimum Gasteiger partial charge on any atom is -0.433 e. The molecule has 0 spiro atoms. The second-order valence-corrected chi connectivity index (χ2v) is 2.77. The molecule has 78 valence electrons. The van der Waals surface area contributed by atoms with Gasteiger partial charge < -0.3 is 4.74 Å². The molecule has 1 rings (SSSR count). The van der Waals surface area contributed by atoms with E-state index in [9.17, 15) is 14.4 Å². The van der Waals surface area contributed by atoms with Crippen molar-refractivity contribution in [3.8, 4) is 0 Å². The molecule has 0 saturated carbocycles. The Morgan fingerprint density at radius 3 is 2.43 bits per heavy atom. The van der Waals surface area contributed by atoms with Crippen molar-refractivity contribution in [3.63, 3.8) is 0 Å². The molecule has 0 aromatic rings. The first-order valence-electron chi connectivity index (χ1n) is 4.35. The summed E-state index contributed by atoms with van der Waals surface area (Å²) in [5.74, 6) is -1.02. The van der Waals surface area contributed by atoms with Crippen molar-refractivity contribution < 1.29 is 24.0 Å². The second kappa shape index (κ2) is 4.59. The Hall–Kier alpha value is -1.59. The number of rotatable bonds is 3. The maximum atomic E-state index is 11.0. The Kier molecular flexibility index (Phi) is 3.44. The molecule has 6 heteroatoms. The van der Waals surface area contributed by atoms with Gasteiger partial charge in [0, 0.05) is 12.8 Å². The fourth-order valence-electron chi connectivity index (χ4n) is 0.944. The number of nitrogens with zero attached hydrogens (tertiary/aromatic N) is 1. The summed E-state index contributed by atoms with van der Waals surface area (Å²) in [6, 6.07) is 0. The lowest BCUT2D eigenvalue weighted by molar-refractivity contribution is -0.177. The van der Waals surface area contributed by atoms with Gasteiger partial charge in [-0.3, -0.25) is 14.4 Å². The van der Waals surface area contributed by atoms with Gasteiger partial charge in [0.1, 0.15) is 0 Å². The van der Waals surface area contributed by atoms with E-state index in [1.165, 1.54) is 0 Å². The summed E-state index contributed by atoms with van der Waals surface area (Å²) in [7, 11) is 0. The smallest absolute Gasteiger partial charge is 0.433 e. The van der Waals surface area contributed by atoms with Crippen molar-refractivity contribution in [2.24, 2.45) is 0 Å². The number of hydrogen-bond donors (Lipinski definition) is 0. The molecule has 0 bridgehead atoms. The summed E-state index contributed by atoms with van der Waals surface area (Å²) in [5, 5.41) is 0.456. The molecule has 0 atom stereocenters. The van der Waals surface area contributed by atoms with Gasteiger partial charge in [-0.05, 0) is 6.42 Å². The van der Waals surface area contributed by atoms with Crippen molar-refractivity contribution in [2.75, 3.05) is 6.61 Å². The first-order valence-corrected chi connectivity index (χ1v) is 4.35. The Bertz CT molecular complexity index is 246. The largest absolute Gasteiger partial charge is 0.533 e. The molecule has 0 aromatic heterocycles. The van der Waals surface area contributed by atoms with Gasteiger partial charge in [0.2, 0.25) is 0 Å². The quantitative estimate of drug-likeness (QED) is 0.494. The lowest BCUT2D eigenvalue weighted by Crippen LogP contribution is -2.32. The summed E-state index contributed by atoms with van der Waals surface area (Å²) < 4.78 is 4.54. The van der Waals surface area contributed by atoms with E-state index in [-0.39, 0.29) is 19.4 Å². The van der Waals surface area contributed by atoms with Gasteiger partial charge in [0.25, 0.3) is 11.8 Å². The van der Waals surface area contributed by atoms with Crippen molar-refractivity contribution in [3.05, 3.63) is 0 Å². The highest BCUT2D eigenvalue weighted by Gasteiger charge is 2.33. The molecule has 1 saturated heterocycles. The zero-order chi connectivity index (χ0) is 10.6. The number of ether oxygens (including phenoxy) is 1. The van der Waals surface area contributed by atoms with Crippen LogP contribution in [0.15, 0.2) is 0 Å². The maximum Gasteiger partial charge on any atom is 0.533 e. The van der Waals surface area contributed by atoms with E-state index in [1.807, 2.05) is 6.92 Å². The van der Waals surface area contributed by atoms with E-state index < -0.39 is 18.0 Å². The number of carbonyl (C=O) groups is 3. The Labute approximate surface area is 80.7 Å². The third-order valence-electron chi connectivity index (χ3n) is 1.60. The van der Waals surface area contributed by atoms with E-state index in [0.717, 1.165) is 0 Å². The van der Waals surface area contributed by atoms with Crippen LogP contribution in [0.2, 0.25) is 0 Å². The molecular weight excluding hydrogens is 190 g/mol. The van der Waals surface area contributed by atoms with Crippen LogP contribution in [0.1, 0.15) is 26.2 Å². The Morgan fingerprint density at radius 1 is 1.36 bits per heavy atom. The standard InChI is InChI=1S/C8H11NO5/c1-2-5-13-8(12)14-9-6(10)3-4-7(9)11/h2-5H2,1H3. The van der Waals surface area contributed by atoms with Crippen LogP contribution in [-0.4, -0.2) is 29.6 Å². The number of hydrogen-bond acceptors (Lipinski definition) is 5. The molecule has 2 amide bonds. The second-order valence-electron chi connectivity index (χ2n) is 2.77. The molecular formula is C8H11NO5. The van der Waals surface area contributed by atoms with E-state index in [4.69, 9.17) is 0 Å². The first-order chi connectivity index (χ1) is 6.65. The summed E-state index contributed by atoms with van der Waals surface area (Å²) in [6.07, 6.45) is -0.202. The third-order valence-corrected chi connectivity index (χ3v) is 1.60. The molecule has 1 aliphatic heterocycles. The molecule has 1 fully saturated rings. The topological polar surface area (TPSA) is 72.9 Å². The van der Waals surface area contributed by atoms with E-state index in [0.29, 0.717) is 11.5 Å². The summed E-state index contributed by atoms with van der Waals surface area (Å²) in [4.78, 5) is 37.2. The lowest BCUT2D eigenvalue weighted by Gasteiger charge is -2.11. The minimum atomic E-state index is -1.02. The van der Waals surface area contributed by atoms with Gasteiger partial charge in [-0.15, -0.1) is 0 Å². The van der Waals surface area contributed by atoms with Crippen LogP contribution in [0.4, 0.5) is 4.79 Å². The highest BCUT2D eigenvalue weighted by atomic mass is 16.8. The van der Waals surface area contributed by atoms with Crippen LogP contribution in [0.5, 0.6) is 0 Å². The fourth-order valence-corrected chi connectivity index (χ4v) is 0.944. The first kappa shape index (κ1) is 10.5. The van der Waals surface area contributed by atoms with Crippen LogP contribution in [0.3, 0.4) is 0 Å². The zero-order valence-corrected chi connectivity index (χ0v) is 7.82. The zero-order valence-electron chi connectivity index (χ0n) is 7.82. The molecule has 0 aliphatic carbocycles. The number of amides is 2. The van der Waals surface area contributed by atoms with Crippen LogP contribution in [-0.2, 0) is 19.2 Å². The van der Waals surface area contributed by atoms with Crippen LogP contribution < -0.4 is 0 Å². The SMILES string of the molecule is CCCOC(=O)ON1C(=O)CCC1=O. The van der Waals surface area contributed by atoms with Crippen molar-refractivity contribution in [1.29, 1.82) is 0 Å². The van der Waals surface area contributed by atoms with E-state index in [2.05, 4.69) is 9.57 Å². The van der Waals surface area contributed by atoms with Crippen molar-refractivity contribution >= 4 is 18.0 Å². The molecule has 6 nitrogen and oxygen atoms in total. The van der Waals surface area contributed by atoms with Crippen LogP contribution in [0, 0.1) is 0 Å². The third kappa shape index (κ3) is 2.45. The number of carbonyl (C=O) groups excluding carboxylic acids is 3. The summed E-state index contributed by atoms with van der Waals surface area (Å²) in [6.45, 7) is 2.02. The van der Waals surface area contributed by atoms with E-state index >= 15 is 0 Å². The summed E-state index contributed by atoms with van der Waals surface area (Å²) >= 11 is 0. The average molecular weight is 201 g/mol. The van der Waals surface area contributed by atoms with Crippen molar-refractivity contribution in [1.82, 2.24) is 5.06 Å². The average Bonchev–Trinajstić information content (AvgIpc) is 2.46. The molecule has 0 unspecified atom stereocenters. The van der Waals surface area contributed by atoms with Gasteiger partial charge in [0.15, 0.2) is 0 Å². The Morgan fingerprint density at radius 2 is 1.93 bits per heavy atom. The predicted molar refractivity (Wildman–Crippen MR) is 43.8 cm³/mol. The highest BCUT2D eigenvalue weighted by Crippen LogP contribution is 2.12. The molecule has 1 heterocycles. The number of imide groups is 1. The van der Waals surface area contributed by atoms with Gasteiger partial charge in [-0.2, -0.15) is 0 Å². The van der Waals surface area contributed by atoms with Crippen LogP contribution in [0.25, 0.3) is 0 Å². The monoisotopic (exact) mass is 201 g/mol. The maximum absolute atomic E-state index is 11.0. The molecule has 0 N–H and O–H groups in total. The fraction of sp³-hybridized carbons (Fsp3) is 0.625. The number of hydroxylamine groups is 2. The summed E-state index contributed by atoms with van der Waals surface area (Å²) in [5.41, 5.74) is 0. The molecule has 0 aromatic carbocycles. The Balaban J connectivity index is 2.39. The van der Waals surface area contributed by atoms with Gasteiger partial charge >= 0.3 is 6.16 Å². The lowest BCUT2D eigenvalue weighted by atomic mass is 10.4. The predicted octanol–water partition coefficient (Wildman–Crippen LogP) is 0.614. The normalized spacial score (nSPS) is 15.9. The van der Waals surface area contributed by atoms with Gasteiger partial charge in [-0.25, -0.2) is 4.79 Å². The van der Waals surface area contributed by atoms with Crippen LogP contribution >= 0.6 is 0 Å². The van der Waals surface area contributed by atoms with Crippen molar-refractivity contribution in [2.45, 2.75) is 26.2 Å². The van der Waals surface area contributed by atoms with Gasteiger partial charge in [-0.1, -0.05) is 12.0 Å². The minimum absolute atomic E-state index is 0.0832. The molecule has 14 heavy (non-hydrogen) atoms. The van der Waals surface area contributed by atoms with E-state index in [1.54, 1.807) is 0 Å². The molecule has 1 aliphatic rings.